The van der Waals surface area contributed by atoms with Crippen molar-refractivity contribution in [2.24, 2.45) is 0 Å². The lowest BCUT2D eigenvalue weighted by atomic mass is 10.4. The molecule has 0 amide bonds. The van der Waals surface area contributed by atoms with Gasteiger partial charge in [-0.1, -0.05) is 23.1 Å². The van der Waals surface area contributed by atoms with Crippen LogP contribution in [0.2, 0.25) is 0 Å². The number of thiophene rings is 1. The number of aromatic amines is 1. The summed E-state index contributed by atoms with van der Waals surface area (Å²) in [6.07, 6.45) is 3.03. The van der Waals surface area contributed by atoms with Crippen molar-refractivity contribution < 1.29 is 4.92 Å². The Balaban J connectivity index is 1.78. The van der Waals surface area contributed by atoms with Crippen LogP contribution in [0.3, 0.4) is 0 Å². The van der Waals surface area contributed by atoms with Gasteiger partial charge in [0.2, 0.25) is 0 Å². The Labute approximate surface area is 115 Å². The molecule has 0 spiro atoms. The molecule has 0 aliphatic carbocycles. The highest BCUT2D eigenvalue weighted by atomic mass is 32.2. The van der Waals surface area contributed by atoms with Crippen molar-refractivity contribution >= 4 is 39.3 Å². The van der Waals surface area contributed by atoms with Gasteiger partial charge < -0.3 is 4.98 Å². The highest BCUT2D eigenvalue weighted by Crippen LogP contribution is 2.29. The van der Waals surface area contributed by atoms with Crippen LogP contribution >= 0.6 is 23.1 Å². The summed E-state index contributed by atoms with van der Waals surface area (Å²) in [6, 6.07) is 1.59. The van der Waals surface area contributed by atoms with Gasteiger partial charge in [-0.15, -0.1) is 0 Å². The molecule has 0 aliphatic heterocycles. The maximum absolute atomic E-state index is 10.6. The molecule has 0 bridgehead atoms. The summed E-state index contributed by atoms with van der Waals surface area (Å²) >= 11 is 2.63. The van der Waals surface area contributed by atoms with Gasteiger partial charge in [0, 0.05) is 17.2 Å². The molecule has 0 atom stereocenters. The predicted octanol–water partition coefficient (Wildman–Crippen LogP) is 2.61. The number of aromatic nitrogens is 4. The lowest BCUT2D eigenvalue weighted by Gasteiger charge is -1.99. The molecule has 0 aliphatic rings. The molecule has 0 radical (unpaired) electrons. The van der Waals surface area contributed by atoms with Gasteiger partial charge in [0.25, 0.3) is 0 Å². The summed E-state index contributed by atoms with van der Waals surface area (Å²) in [7, 11) is 0. The molecule has 3 heterocycles. The number of hydrogen-bond acceptors (Lipinski definition) is 7. The van der Waals surface area contributed by atoms with E-state index in [2.05, 4.69) is 19.9 Å². The molecule has 7 nitrogen and oxygen atoms in total. The first-order valence-electron chi connectivity index (χ1n) is 5.23. The zero-order chi connectivity index (χ0) is 13.2. The summed E-state index contributed by atoms with van der Waals surface area (Å²) in [5.41, 5.74) is 2.32. The Hall–Kier alpha value is -2.00. The second-order valence-corrected chi connectivity index (χ2v) is 5.47. The summed E-state index contributed by atoms with van der Waals surface area (Å²) < 4.78 is 0. The van der Waals surface area contributed by atoms with Gasteiger partial charge in [-0.05, 0) is 5.56 Å². The standard InChI is InChI=1S/C10H7N5O2S2/c16-15(17)7-1-6(2-18-7)3-19-10-8-9(12-4-11-8)13-5-14-10/h1-2,4-5H,3H2,(H,11,12,13,14). The van der Waals surface area contributed by atoms with E-state index in [0.29, 0.717) is 11.4 Å². The minimum Gasteiger partial charge on any atom is -0.341 e. The molecule has 0 aromatic carbocycles. The summed E-state index contributed by atoms with van der Waals surface area (Å²) in [6.45, 7) is 0. The molecule has 96 valence electrons. The number of thioether (sulfide) groups is 1. The topological polar surface area (TPSA) is 97.6 Å². The largest absolute Gasteiger partial charge is 0.341 e. The van der Waals surface area contributed by atoms with Gasteiger partial charge in [-0.3, -0.25) is 10.1 Å². The molecule has 3 aromatic rings. The predicted molar refractivity (Wildman–Crippen MR) is 72.2 cm³/mol. The van der Waals surface area contributed by atoms with E-state index in [1.165, 1.54) is 18.1 Å². The third-order valence-corrected chi connectivity index (χ3v) is 4.37. The number of nitro groups is 1. The van der Waals surface area contributed by atoms with E-state index in [4.69, 9.17) is 0 Å². The van der Waals surface area contributed by atoms with Crippen LogP contribution in [-0.2, 0) is 5.75 Å². The van der Waals surface area contributed by atoms with Crippen molar-refractivity contribution in [2.45, 2.75) is 10.8 Å². The van der Waals surface area contributed by atoms with Gasteiger partial charge in [-0.2, -0.15) is 0 Å². The van der Waals surface area contributed by atoms with Crippen molar-refractivity contribution in [3.63, 3.8) is 0 Å². The van der Waals surface area contributed by atoms with Crippen molar-refractivity contribution in [3.05, 3.63) is 39.8 Å². The third-order valence-electron chi connectivity index (χ3n) is 2.38. The number of hydrogen-bond donors (Lipinski definition) is 1. The summed E-state index contributed by atoms with van der Waals surface area (Å²) in [4.78, 5) is 25.5. The van der Waals surface area contributed by atoms with E-state index < -0.39 is 0 Å². The van der Waals surface area contributed by atoms with Crippen molar-refractivity contribution in [2.75, 3.05) is 0 Å². The number of nitrogens with zero attached hydrogens (tertiary/aromatic N) is 4. The van der Waals surface area contributed by atoms with Crippen LogP contribution < -0.4 is 0 Å². The Morgan fingerprint density at radius 2 is 2.32 bits per heavy atom. The Morgan fingerprint density at radius 1 is 1.42 bits per heavy atom. The van der Waals surface area contributed by atoms with E-state index in [1.54, 1.807) is 17.8 Å². The van der Waals surface area contributed by atoms with E-state index in [0.717, 1.165) is 27.4 Å². The first kappa shape index (κ1) is 12.1. The molecular weight excluding hydrogens is 286 g/mol. The maximum atomic E-state index is 10.6. The molecular formula is C10H7N5O2S2. The SMILES string of the molecule is O=[N+]([O-])c1cc(CSc2ncnc3nc[nH]c23)cs1. The summed E-state index contributed by atoms with van der Waals surface area (Å²) in [5.74, 6) is 0.621. The van der Waals surface area contributed by atoms with Crippen LogP contribution in [-0.4, -0.2) is 24.9 Å². The average molecular weight is 293 g/mol. The second kappa shape index (κ2) is 4.94. The molecule has 0 saturated heterocycles. The number of imidazole rings is 1. The third kappa shape index (κ3) is 2.42. The first-order chi connectivity index (χ1) is 9.24. The molecule has 19 heavy (non-hydrogen) atoms. The number of H-pyrrole nitrogens is 1. The Bertz CT molecular complexity index is 738. The van der Waals surface area contributed by atoms with Crippen LogP contribution in [0.25, 0.3) is 11.2 Å². The van der Waals surface area contributed by atoms with Crippen molar-refractivity contribution in [3.8, 4) is 0 Å². The monoisotopic (exact) mass is 293 g/mol. The van der Waals surface area contributed by atoms with Gasteiger partial charge in [0.15, 0.2) is 5.65 Å². The lowest BCUT2D eigenvalue weighted by Crippen LogP contribution is -1.87. The number of fused-ring (bicyclic) bond motifs is 1. The fraction of sp³-hybridized carbons (Fsp3) is 0.100. The Kier molecular flexibility index (Phi) is 3.13. The van der Waals surface area contributed by atoms with Crippen molar-refractivity contribution in [1.82, 2.24) is 19.9 Å². The number of rotatable bonds is 4. The van der Waals surface area contributed by atoms with Gasteiger partial charge in [0.05, 0.1) is 11.3 Å². The molecule has 9 heteroatoms. The Morgan fingerprint density at radius 3 is 3.11 bits per heavy atom. The highest BCUT2D eigenvalue weighted by molar-refractivity contribution is 7.98. The van der Waals surface area contributed by atoms with E-state index in [-0.39, 0.29) is 9.92 Å². The normalized spacial score (nSPS) is 10.9. The molecule has 3 rings (SSSR count). The molecule has 0 fully saturated rings. The average Bonchev–Trinajstić information content (AvgIpc) is 3.05. The van der Waals surface area contributed by atoms with Crippen LogP contribution in [0.15, 0.2) is 29.1 Å². The lowest BCUT2D eigenvalue weighted by molar-refractivity contribution is -0.380. The second-order valence-electron chi connectivity index (χ2n) is 3.62. The van der Waals surface area contributed by atoms with Crippen LogP contribution in [0.4, 0.5) is 5.00 Å². The smallest absolute Gasteiger partial charge is 0.324 e. The summed E-state index contributed by atoms with van der Waals surface area (Å²) in [5, 5.41) is 13.3. The first-order valence-corrected chi connectivity index (χ1v) is 7.09. The van der Waals surface area contributed by atoms with Gasteiger partial charge in [0.1, 0.15) is 16.9 Å². The minimum atomic E-state index is -0.378. The van der Waals surface area contributed by atoms with Crippen LogP contribution in [0.5, 0.6) is 0 Å². The fourth-order valence-corrected chi connectivity index (χ4v) is 3.26. The van der Waals surface area contributed by atoms with E-state index in [1.807, 2.05) is 0 Å². The van der Waals surface area contributed by atoms with Crippen molar-refractivity contribution in [1.29, 1.82) is 0 Å². The number of nitrogens with one attached hydrogen (secondary N) is 1. The zero-order valence-corrected chi connectivity index (χ0v) is 11.1. The molecule has 1 N–H and O–H groups in total. The molecule has 0 unspecified atom stereocenters. The fourth-order valence-electron chi connectivity index (χ4n) is 1.54. The zero-order valence-electron chi connectivity index (χ0n) is 9.44. The highest BCUT2D eigenvalue weighted by Gasteiger charge is 2.11. The van der Waals surface area contributed by atoms with Gasteiger partial charge >= 0.3 is 5.00 Å². The molecule has 0 saturated carbocycles. The van der Waals surface area contributed by atoms with E-state index in [9.17, 15) is 10.1 Å². The van der Waals surface area contributed by atoms with Crippen LogP contribution in [0.1, 0.15) is 5.56 Å². The maximum Gasteiger partial charge on any atom is 0.324 e. The quantitative estimate of drug-likeness (QED) is 0.343. The van der Waals surface area contributed by atoms with E-state index >= 15 is 0 Å². The minimum absolute atomic E-state index is 0.157. The van der Waals surface area contributed by atoms with Gasteiger partial charge in [-0.25, -0.2) is 15.0 Å². The molecule has 3 aromatic heterocycles. The van der Waals surface area contributed by atoms with Crippen LogP contribution in [0, 0.1) is 10.1 Å².